The molecule has 104 valence electrons. The molecule has 0 bridgehead atoms. The Balaban J connectivity index is 2.04. The average Bonchev–Trinajstić information content (AvgIpc) is 2.48. The fraction of sp³-hybridized carbons (Fsp3) is 0.143. The number of para-hydroxylation sites is 2. The summed E-state index contributed by atoms with van der Waals surface area (Å²) in [6.45, 7) is 2.09. The molecular formula is C14H15N3OS2. The van der Waals surface area contributed by atoms with Crippen LogP contribution >= 0.6 is 21.6 Å². The number of hydrogen-bond donors (Lipinski definition) is 2. The first-order valence-electron chi connectivity index (χ1n) is 6.12. The van der Waals surface area contributed by atoms with Crippen LogP contribution in [0.5, 0.6) is 0 Å². The van der Waals surface area contributed by atoms with Crippen molar-refractivity contribution in [2.24, 2.45) is 0 Å². The minimum Gasteiger partial charge on any atom is -0.397 e. The van der Waals surface area contributed by atoms with E-state index in [0.717, 1.165) is 10.8 Å². The van der Waals surface area contributed by atoms with E-state index in [4.69, 9.17) is 5.73 Å². The van der Waals surface area contributed by atoms with Gasteiger partial charge in [-0.1, -0.05) is 29.9 Å². The van der Waals surface area contributed by atoms with Gasteiger partial charge >= 0.3 is 0 Å². The highest BCUT2D eigenvalue weighted by molar-refractivity contribution is 8.76. The van der Waals surface area contributed by atoms with E-state index in [2.05, 4.69) is 17.2 Å². The molecule has 0 fully saturated rings. The predicted molar refractivity (Wildman–Crippen MR) is 87.0 cm³/mol. The van der Waals surface area contributed by atoms with Crippen molar-refractivity contribution in [2.45, 2.75) is 11.9 Å². The number of hydrogen-bond acceptors (Lipinski definition) is 5. The Morgan fingerprint density at radius 2 is 2.10 bits per heavy atom. The van der Waals surface area contributed by atoms with Gasteiger partial charge in [-0.15, -0.1) is 0 Å². The minimum absolute atomic E-state index is 0.213. The van der Waals surface area contributed by atoms with E-state index in [1.54, 1.807) is 46.0 Å². The summed E-state index contributed by atoms with van der Waals surface area (Å²) in [7, 11) is 3.32. The maximum absolute atomic E-state index is 12.1. The molecule has 0 radical (unpaired) electrons. The fourth-order valence-electron chi connectivity index (χ4n) is 1.49. The van der Waals surface area contributed by atoms with E-state index in [1.165, 1.54) is 0 Å². The van der Waals surface area contributed by atoms with Gasteiger partial charge < -0.3 is 11.1 Å². The highest BCUT2D eigenvalue weighted by Crippen LogP contribution is 2.28. The van der Waals surface area contributed by atoms with Gasteiger partial charge in [0.05, 0.1) is 16.9 Å². The predicted octanol–water partition coefficient (Wildman–Crippen LogP) is 3.68. The molecule has 0 atom stereocenters. The molecule has 4 nitrogen and oxygen atoms in total. The van der Waals surface area contributed by atoms with Crippen LogP contribution in [0.15, 0.2) is 47.6 Å². The lowest BCUT2D eigenvalue weighted by molar-refractivity contribution is 0.102. The molecule has 20 heavy (non-hydrogen) atoms. The van der Waals surface area contributed by atoms with Gasteiger partial charge in [0, 0.05) is 11.9 Å². The third-order valence-electron chi connectivity index (χ3n) is 2.47. The number of nitrogens with zero attached hydrogens (tertiary/aromatic N) is 1. The van der Waals surface area contributed by atoms with Gasteiger partial charge in [0.2, 0.25) is 0 Å². The number of aromatic nitrogens is 1. The summed E-state index contributed by atoms with van der Waals surface area (Å²) in [6, 6.07) is 10.8. The Morgan fingerprint density at radius 1 is 1.30 bits per heavy atom. The molecule has 1 heterocycles. The maximum atomic E-state index is 12.1. The summed E-state index contributed by atoms with van der Waals surface area (Å²) in [5, 5.41) is 3.67. The van der Waals surface area contributed by atoms with Gasteiger partial charge in [-0.25, -0.2) is 4.98 Å². The number of amides is 1. The second-order valence-corrected chi connectivity index (χ2v) is 6.52. The Hall–Kier alpha value is -1.66. The summed E-state index contributed by atoms with van der Waals surface area (Å²) >= 11 is 0. The number of carbonyl (C=O) groups is 1. The van der Waals surface area contributed by atoms with Crippen LogP contribution in [0.1, 0.15) is 17.3 Å². The van der Waals surface area contributed by atoms with Crippen LogP contribution in [-0.4, -0.2) is 16.6 Å². The summed E-state index contributed by atoms with van der Waals surface area (Å²) in [6.07, 6.45) is 1.58. The quantitative estimate of drug-likeness (QED) is 0.651. The highest BCUT2D eigenvalue weighted by Gasteiger charge is 2.08. The van der Waals surface area contributed by atoms with Crippen LogP contribution in [0, 0.1) is 0 Å². The van der Waals surface area contributed by atoms with Crippen molar-refractivity contribution in [3.63, 3.8) is 0 Å². The second-order valence-electron chi connectivity index (χ2n) is 3.92. The summed E-state index contributed by atoms with van der Waals surface area (Å²) in [4.78, 5) is 16.3. The largest absolute Gasteiger partial charge is 0.397 e. The monoisotopic (exact) mass is 305 g/mol. The molecule has 1 amide bonds. The second kappa shape index (κ2) is 7.21. The van der Waals surface area contributed by atoms with Crippen LogP contribution in [0.3, 0.4) is 0 Å². The van der Waals surface area contributed by atoms with E-state index in [-0.39, 0.29) is 5.91 Å². The summed E-state index contributed by atoms with van der Waals surface area (Å²) in [5.74, 6) is 0.803. The Morgan fingerprint density at radius 3 is 2.75 bits per heavy atom. The first-order valence-corrected chi connectivity index (χ1v) is 8.44. The van der Waals surface area contributed by atoms with E-state index >= 15 is 0 Å². The molecule has 1 aromatic carbocycles. The van der Waals surface area contributed by atoms with E-state index in [0.29, 0.717) is 16.9 Å². The molecule has 2 rings (SSSR count). The van der Waals surface area contributed by atoms with Crippen molar-refractivity contribution in [3.8, 4) is 0 Å². The molecule has 0 saturated carbocycles. The number of carbonyl (C=O) groups excluding carboxylic acids is 1. The van der Waals surface area contributed by atoms with Crippen molar-refractivity contribution in [1.29, 1.82) is 0 Å². The lowest BCUT2D eigenvalue weighted by atomic mass is 10.2. The zero-order chi connectivity index (χ0) is 14.4. The smallest absolute Gasteiger partial charge is 0.257 e. The van der Waals surface area contributed by atoms with E-state index in [9.17, 15) is 4.79 Å². The molecule has 0 saturated heterocycles. The molecule has 0 unspecified atom stereocenters. The Labute approximate surface area is 126 Å². The van der Waals surface area contributed by atoms with Gasteiger partial charge in [-0.3, -0.25) is 4.79 Å². The molecule has 6 heteroatoms. The van der Waals surface area contributed by atoms with Gasteiger partial charge in [-0.2, -0.15) is 0 Å². The van der Waals surface area contributed by atoms with Crippen molar-refractivity contribution in [1.82, 2.24) is 4.98 Å². The first kappa shape index (κ1) is 14.7. The average molecular weight is 305 g/mol. The number of nitrogens with one attached hydrogen (secondary N) is 1. The number of pyridine rings is 1. The molecule has 0 aliphatic heterocycles. The zero-order valence-electron chi connectivity index (χ0n) is 11.0. The van der Waals surface area contributed by atoms with Crippen LogP contribution in [-0.2, 0) is 0 Å². The third kappa shape index (κ3) is 3.91. The van der Waals surface area contributed by atoms with Crippen LogP contribution in [0.4, 0.5) is 11.4 Å². The molecule has 1 aromatic heterocycles. The summed E-state index contributed by atoms with van der Waals surface area (Å²) in [5.41, 5.74) is 7.45. The number of anilines is 2. The number of rotatable bonds is 5. The van der Waals surface area contributed by atoms with Gasteiger partial charge in [0.1, 0.15) is 5.03 Å². The fourth-order valence-corrected chi connectivity index (χ4v) is 2.96. The summed E-state index contributed by atoms with van der Waals surface area (Å²) < 4.78 is 0. The lowest BCUT2D eigenvalue weighted by Gasteiger charge is -2.07. The molecule has 0 aliphatic carbocycles. The molecule has 3 N–H and O–H groups in total. The molecule has 0 aliphatic rings. The van der Waals surface area contributed by atoms with Crippen molar-refractivity contribution in [3.05, 3.63) is 48.2 Å². The highest BCUT2D eigenvalue weighted by atomic mass is 33.1. The van der Waals surface area contributed by atoms with Crippen LogP contribution < -0.4 is 11.1 Å². The van der Waals surface area contributed by atoms with Gasteiger partial charge in [0.15, 0.2) is 0 Å². The number of nitrogen functional groups attached to an aromatic ring is 1. The van der Waals surface area contributed by atoms with Crippen LogP contribution in [0.2, 0.25) is 0 Å². The van der Waals surface area contributed by atoms with Crippen molar-refractivity contribution >= 4 is 38.9 Å². The standard InChI is InChI=1S/C14H15N3OS2/c1-2-19-20-13-8-7-10(9-16-13)14(18)17-12-6-4-3-5-11(12)15/h3-9H,2,15H2,1H3,(H,17,18). The number of benzene rings is 1. The normalized spacial score (nSPS) is 10.2. The van der Waals surface area contributed by atoms with E-state index < -0.39 is 0 Å². The van der Waals surface area contributed by atoms with Crippen molar-refractivity contribution < 1.29 is 4.79 Å². The molecular weight excluding hydrogens is 290 g/mol. The maximum Gasteiger partial charge on any atom is 0.257 e. The topological polar surface area (TPSA) is 68.0 Å². The molecule has 0 spiro atoms. The lowest BCUT2D eigenvalue weighted by Crippen LogP contribution is -2.13. The Kier molecular flexibility index (Phi) is 5.31. The minimum atomic E-state index is -0.213. The van der Waals surface area contributed by atoms with Gasteiger partial charge in [0.25, 0.3) is 5.91 Å². The SMILES string of the molecule is CCSSc1ccc(C(=O)Nc2ccccc2N)cn1. The molecule has 2 aromatic rings. The van der Waals surface area contributed by atoms with E-state index in [1.807, 2.05) is 18.2 Å². The first-order chi connectivity index (χ1) is 9.70. The zero-order valence-corrected chi connectivity index (χ0v) is 12.6. The van der Waals surface area contributed by atoms with Crippen LogP contribution in [0.25, 0.3) is 0 Å². The third-order valence-corrected chi connectivity index (χ3v) is 4.81. The number of nitrogens with two attached hydrogens (primary N) is 1. The Bertz CT molecular complexity index is 587. The van der Waals surface area contributed by atoms with Gasteiger partial charge in [-0.05, 0) is 35.1 Å². The van der Waals surface area contributed by atoms with Crippen molar-refractivity contribution in [2.75, 3.05) is 16.8 Å².